The zero-order valence-corrected chi connectivity index (χ0v) is 29.3. The van der Waals surface area contributed by atoms with E-state index in [1.807, 2.05) is 53.1 Å². The van der Waals surface area contributed by atoms with Crippen molar-refractivity contribution in [3.8, 4) is 12.8 Å². The molecule has 13 nitrogen and oxygen atoms in total. The van der Waals surface area contributed by atoms with Gasteiger partial charge in [0.15, 0.2) is 11.9 Å². The van der Waals surface area contributed by atoms with Crippen molar-refractivity contribution in [3.05, 3.63) is 36.1 Å². The second-order valence-corrected chi connectivity index (χ2v) is 10.0. The number of halogens is 1. The molecular weight excluding hydrogens is 612 g/mol. The number of methoxy groups -OCH3 is 1. The molecule has 1 aliphatic heterocycles. The van der Waals surface area contributed by atoms with Crippen molar-refractivity contribution in [2.75, 3.05) is 68.7 Å². The van der Waals surface area contributed by atoms with Crippen LogP contribution in [0.2, 0.25) is 0 Å². The van der Waals surface area contributed by atoms with E-state index in [-0.39, 0.29) is 31.1 Å². The molecule has 1 unspecified atom stereocenters. The van der Waals surface area contributed by atoms with E-state index in [1.165, 1.54) is 27.2 Å². The van der Waals surface area contributed by atoms with Gasteiger partial charge in [0.2, 0.25) is 6.79 Å². The summed E-state index contributed by atoms with van der Waals surface area (Å²) in [4.78, 5) is 22.7. The van der Waals surface area contributed by atoms with Crippen LogP contribution in [0.4, 0.5) is 9.18 Å². The summed E-state index contributed by atoms with van der Waals surface area (Å²) < 4.78 is 59.0. The number of terminal acetylenes is 1. The van der Waals surface area contributed by atoms with Crippen LogP contribution in [0.15, 0.2) is 36.1 Å². The number of allylic oxidation sites excluding steroid dienone is 4. The van der Waals surface area contributed by atoms with Gasteiger partial charge in [-0.15, -0.1) is 12.8 Å². The molecule has 1 fully saturated rings. The minimum Gasteiger partial charge on any atom is -0.426 e. The van der Waals surface area contributed by atoms with E-state index in [4.69, 9.17) is 32.5 Å². The average Bonchev–Trinajstić information content (AvgIpc) is 3.05. The van der Waals surface area contributed by atoms with Gasteiger partial charge in [-0.25, -0.2) is 13.9 Å². The molecule has 45 heavy (non-hydrogen) atoms. The van der Waals surface area contributed by atoms with Crippen LogP contribution in [0.3, 0.4) is 0 Å². The molecule has 1 aliphatic carbocycles. The summed E-state index contributed by atoms with van der Waals surface area (Å²) in [5.41, 5.74) is 5.43. The van der Waals surface area contributed by atoms with Gasteiger partial charge in [-0.1, -0.05) is 32.1 Å². The molecule has 2 aliphatic rings. The van der Waals surface area contributed by atoms with Crippen LogP contribution >= 0.6 is 7.82 Å². The lowest BCUT2D eigenvalue weighted by atomic mass is 10.1. The number of hydrogen-bond acceptors (Lipinski definition) is 13. The van der Waals surface area contributed by atoms with Crippen LogP contribution in [-0.4, -0.2) is 98.8 Å². The zero-order chi connectivity index (χ0) is 35.5. The number of hydrogen-bond donors (Lipinski definition) is 3. The van der Waals surface area contributed by atoms with Crippen LogP contribution in [0.25, 0.3) is 0 Å². The van der Waals surface area contributed by atoms with Crippen LogP contribution in [-0.2, 0) is 41.9 Å². The molecular formula is C30H57FN3O10P. The largest absolute Gasteiger partial charge is 0.510 e. The first kappa shape index (κ1) is 49.3. The summed E-state index contributed by atoms with van der Waals surface area (Å²) in [6.45, 7) is 7.24. The van der Waals surface area contributed by atoms with E-state index < -0.39 is 26.9 Å². The highest BCUT2D eigenvalue weighted by molar-refractivity contribution is 7.48. The molecule has 0 amide bonds. The lowest BCUT2D eigenvalue weighted by Gasteiger charge is -2.25. The average molecular weight is 670 g/mol. The second-order valence-electron chi connectivity index (χ2n) is 8.33. The Morgan fingerprint density at radius 1 is 1.18 bits per heavy atom. The van der Waals surface area contributed by atoms with Crippen molar-refractivity contribution >= 4 is 19.8 Å². The number of carbonyl (C=O) groups excluding carboxylic acids is 2. The standard InChI is InChI=1S/C22H34NO10P.C2H7N.C2H6.C2H2.CH3F.CH5N/c1-17(23-10-9-18(2)24)11-20(27-3)15-31-34(26,30-12-19-7-5-4-6-8-19)32-16-29-22(25)33-21-13-28-14-21;1-3-2;4*1-2/h4-5,7,9-10,17,20-21,23H,6,8,11-16H2,1-3H3;3H,1-2H3;1-2H3;1-2H;1H3;2H2,1H3/b10-9-;;;;;/t17-,20-,34?;;;;;/m0...../s1. The fraction of sp³-hybridized carbons (Fsp3) is 0.667. The van der Waals surface area contributed by atoms with E-state index in [1.54, 1.807) is 6.20 Å². The molecule has 4 N–H and O–H groups in total. The fourth-order valence-corrected chi connectivity index (χ4v) is 3.91. The van der Waals surface area contributed by atoms with Gasteiger partial charge in [0, 0.05) is 19.4 Å². The predicted molar refractivity (Wildman–Crippen MR) is 175 cm³/mol. The first-order valence-corrected chi connectivity index (χ1v) is 15.8. The molecule has 264 valence electrons. The Balaban J connectivity index is -0.000000681. The minimum atomic E-state index is -4.10. The van der Waals surface area contributed by atoms with Gasteiger partial charge in [-0.3, -0.25) is 18.2 Å². The Morgan fingerprint density at radius 2 is 1.78 bits per heavy atom. The summed E-state index contributed by atoms with van der Waals surface area (Å²) in [5, 5.41) is 5.80. The lowest BCUT2D eigenvalue weighted by Crippen LogP contribution is -2.38. The first-order valence-electron chi connectivity index (χ1n) is 14.3. The third kappa shape index (κ3) is 29.9. The number of nitrogens with two attached hydrogens (primary N) is 1. The van der Waals surface area contributed by atoms with Gasteiger partial charge >= 0.3 is 14.0 Å². The van der Waals surface area contributed by atoms with Gasteiger partial charge < -0.3 is 35.3 Å². The van der Waals surface area contributed by atoms with E-state index in [0.717, 1.165) is 18.4 Å². The summed E-state index contributed by atoms with van der Waals surface area (Å²) >= 11 is 0. The minimum absolute atomic E-state index is 0.0386. The Labute approximate surface area is 270 Å². The highest BCUT2D eigenvalue weighted by Gasteiger charge is 2.31. The zero-order valence-electron chi connectivity index (χ0n) is 28.4. The van der Waals surface area contributed by atoms with Gasteiger partial charge in [0.1, 0.15) is 0 Å². The van der Waals surface area contributed by atoms with Crippen molar-refractivity contribution in [1.29, 1.82) is 0 Å². The predicted octanol–water partition coefficient (Wildman–Crippen LogP) is 4.69. The smallest absolute Gasteiger partial charge is 0.426 e. The molecule has 0 bridgehead atoms. The number of phosphoric ester groups is 1. The topological polar surface area (TPSA) is 166 Å². The number of nitrogens with one attached hydrogen (secondary N) is 2. The summed E-state index contributed by atoms with van der Waals surface area (Å²) in [6, 6.07) is -0.0573. The summed E-state index contributed by atoms with van der Waals surface area (Å²) in [5.74, 6) is -0.0720. The number of carbonyl (C=O) groups is 2. The van der Waals surface area contributed by atoms with Crippen molar-refractivity contribution in [3.63, 3.8) is 0 Å². The van der Waals surface area contributed by atoms with E-state index in [2.05, 4.69) is 29.2 Å². The highest BCUT2D eigenvalue weighted by atomic mass is 31.2. The third-order valence-electron chi connectivity index (χ3n) is 4.83. The number of ketones is 1. The number of alkyl halides is 1. The van der Waals surface area contributed by atoms with E-state index in [9.17, 15) is 18.5 Å². The van der Waals surface area contributed by atoms with Gasteiger partial charge in [-0.2, -0.15) is 0 Å². The van der Waals surface area contributed by atoms with E-state index >= 15 is 0 Å². The molecule has 0 spiro atoms. The van der Waals surface area contributed by atoms with Crippen LogP contribution < -0.4 is 16.4 Å². The van der Waals surface area contributed by atoms with Crippen LogP contribution in [0, 0.1) is 12.8 Å². The van der Waals surface area contributed by atoms with Gasteiger partial charge in [0.25, 0.3) is 0 Å². The van der Waals surface area contributed by atoms with Crippen molar-refractivity contribution in [2.24, 2.45) is 5.73 Å². The first-order chi connectivity index (χ1) is 21.7. The van der Waals surface area contributed by atoms with Crippen LogP contribution in [0.5, 0.6) is 0 Å². The molecule has 0 aromatic carbocycles. The molecule has 2 rings (SSSR count). The van der Waals surface area contributed by atoms with Crippen molar-refractivity contribution < 1.29 is 51.1 Å². The van der Waals surface area contributed by atoms with Gasteiger partial charge in [-0.05, 0) is 65.9 Å². The molecule has 0 radical (unpaired) electrons. The number of ether oxygens (including phenoxy) is 4. The Hall–Kier alpha value is -2.60. The number of rotatable bonds is 16. The van der Waals surface area contributed by atoms with Crippen molar-refractivity contribution in [1.82, 2.24) is 10.6 Å². The second kappa shape index (κ2) is 35.9. The molecule has 0 aromatic rings. The molecule has 3 atom stereocenters. The summed E-state index contributed by atoms with van der Waals surface area (Å²) in [7, 11) is 3.16. The Bertz CT molecular complexity index is 868. The Morgan fingerprint density at radius 3 is 2.24 bits per heavy atom. The molecule has 1 heterocycles. The SMILES string of the molecule is C#C.CC.CF.CN.CNC.CO[C@H](COP(=O)(OCOC(=O)OC1COC1)OCC1=CC=CCC1)C[C@H](C)N/C=C\C(C)=O. The fourth-order valence-electron chi connectivity index (χ4n) is 2.84. The maximum Gasteiger partial charge on any atom is 0.510 e. The maximum atomic E-state index is 13.2. The monoisotopic (exact) mass is 669 g/mol. The van der Waals surface area contributed by atoms with Crippen LogP contribution in [0.1, 0.15) is 47.0 Å². The summed E-state index contributed by atoms with van der Waals surface area (Å²) in [6.07, 6.45) is 17.1. The lowest BCUT2D eigenvalue weighted by molar-refractivity contribution is -0.121. The van der Waals surface area contributed by atoms with Crippen molar-refractivity contribution in [2.45, 2.75) is 65.2 Å². The van der Waals surface area contributed by atoms with Gasteiger partial charge in [0.05, 0.1) is 39.7 Å². The normalized spacial score (nSPS) is 15.6. The number of phosphoric acid groups is 1. The quantitative estimate of drug-likeness (QED) is 0.0682. The maximum absolute atomic E-state index is 13.2. The Kier molecular flexibility index (Phi) is 39.3. The van der Waals surface area contributed by atoms with E-state index in [0.29, 0.717) is 26.8 Å². The molecule has 15 heteroatoms. The highest BCUT2D eigenvalue weighted by Crippen LogP contribution is 2.50. The molecule has 0 saturated carbocycles. The molecule has 0 aromatic heterocycles. The third-order valence-corrected chi connectivity index (χ3v) is 6.17. The molecule has 1 saturated heterocycles.